The van der Waals surface area contributed by atoms with Crippen LogP contribution >= 0.6 is 0 Å². The van der Waals surface area contributed by atoms with Gasteiger partial charge in [-0.15, -0.1) is 0 Å². The zero-order valence-electron chi connectivity index (χ0n) is 12.4. The van der Waals surface area contributed by atoms with Crippen molar-refractivity contribution < 1.29 is 18.7 Å². The van der Waals surface area contributed by atoms with E-state index in [4.69, 9.17) is 9.15 Å². The third-order valence-electron chi connectivity index (χ3n) is 3.25. The van der Waals surface area contributed by atoms with Crippen molar-refractivity contribution >= 4 is 12.0 Å². The number of carbonyl (C=O) groups excluding carboxylic acids is 2. The summed E-state index contributed by atoms with van der Waals surface area (Å²) in [6, 6.07) is 2.43. The molecule has 6 heteroatoms. The first-order valence-electron chi connectivity index (χ1n) is 6.98. The largest absolute Gasteiger partial charge is 0.467 e. The zero-order valence-corrected chi connectivity index (χ0v) is 12.4. The summed E-state index contributed by atoms with van der Waals surface area (Å²) in [4.78, 5) is 23.9. The van der Waals surface area contributed by atoms with Crippen LogP contribution in [0.3, 0.4) is 0 Å². The molecule has 2 amide bonds. The monoisotopic (exact) mass is 292 g/mol. The topological polar surface area (TPSA) is 80.6 Å². The van der Waals surface area contributed by atoms with Gasteiger partial charge in [-0.3, -0.25) is 0 Å². The van der Waals surface area contributed by atoms with Crippen LogP contribution in [0.5, 0.6) is 0 Å². The van der Waals surface area contributed by atoms with E-state index in [1.165, 1.54) is 6.26 Å². The van der Waals surface area contributed by atoms with Crippen molar-refractivity contribution in [3.8, 4) is 0 Å². The van der Waals surface area contributed by atoms with Gasteiger partial charge in [-0.25, -0.2) is 9.59 Å². The second kappa shape index (κ2) is 6.47. The number of amides is 2. The predicted octanol–water partition coefficient (Wildman–Crippen LogP) is 2.50. The lowest BCUT2D eigenvalue weighted by atomic mass is 10.0. The molecule has 114 valence electrons. The summed E-state index contributed by atoms with van der Waals surface area (Å²) in [6.45, 7) is 6.15. The van der Waals surface area contributed by atoms with Crippen LogP contribution in [0.1, 0.15) is 39.0 Å². The Balaban J connectivity index is 2.17. The Labute approximate surface area is 123 Å². The number of rotatable bonds is 5. The Bertz CT molecular complexity index is 546. The molecule has 1 aliphatic rings. The van der Waals surface area contributed by atoms with Gasteiger partial charge in [0, 0.05) is 5.70 Å². The van der Waals surface area contributed by atoms with Gasteiger partial charge in [-0.05, 0) is 31.4 Å². The van der Waals surface area contributed by atoms with Crippen LogP contribution in [0.4, 0.5) is 4.79 Å². The number of hydrogen-bond donors (Lipinski definition) is 2. The number of hydrogen-bond acceptors (Lipinski definition) is 4. The third kappa shape index (κ3) is 3.65. The number of esters is 1. The fraction of sp³-hybridized carbons (Fsp3) is 0.467. The minimum absolute atomic E-state index is 0.353. The molecular weight excluding hydrogens is 272 g/mol. The van der Waals surface area contributed by atoms with Crippen LogP contribution in [0.2, 0.25) is 0 Å². The highest BCUT2D eigenvalue weighted by atomic mass is 16.5. The first kappa shape index (κ1) is 15.2. The standard InChI is InChI=1S/C15H20N2O4/c1-9(2)6-8-21-14(18)12-10(3)16-15(19)17-13(12)11-5-4-7-20-11/h4-5,7,9,13H,6,8H2,1-3H3,(H2,16,17,19). The maximum absolute atomic E-state index is 12.3. The molecule has 0 saturated carbocycles. The number of allylic oxidation sites excluding steroid dienone is 1. The average molecular weight is 292 g/mol. The molecular formula is C15H20N2O4. The lowest BCUT2D eigenvalue weighted by Gasteiger charge is -2.26. The number of furan rings is 1. The van der Waals surface area contributed by atoms with Crippen LogP contribution in [-0.2, 0) is 9.53 Å². The van der Waals surface area contributed by atoms with Crippen LogP contribution in [0.25, 0.3) is 0 Å². The molecule has 1 aromatic heterocycles. The van der Waals surface area contributed by atoms with E-state index < -0.39 is 12.0 Å². The van der Waals surface area contributed by atoms with E-state index in [1.54, 1.807) is 19.1 Å². The van der Waals surface area contributed by atoms with Gasteiger partial charge in [0.1, 0.15) is 11.8 Å². The van der Waals surface area contributed by atoms with Crippen molar-refractivity contribution in [3.63, 3.8) is 0 Å². The zero-order chi connectivity index (χ0) is 15.4. The predicted molar refractivity (Wildman–Crippen MR) is 76.2 cm³/mol. The second-order valence-corrected chi connectivity index (χ2v) is 5.40. The van der Waals surface area contributed by atoms with Crippen LogP contribution in [0, 0.1) is 5.92 Å². The maximum Gasteiger partial charge on any atom is 0.338 e. The van der Waals surface area contributed by atoms with E-state index in [0.29, 0.717) is 29.6 Å². The van der Waals surface area contributed by atoms with Gasteiger partial charge in [0.25, 0.3) is 0 Å². The van der Waals surface area contributed by atoms with Gasteiger partial charge >= 0.3 is 12.0 Å². The minimum Gasteiger partial charge on any atom is -0.467 e. The molecule has 6 nitrogen and oxygen atoms in total. The minimum atomic E-state index is -0.625. The van der Waals surface area contributed by atoms with Crippen LogP contribution in [0.15, 0.2) is 34.1 Å². The first-order valence-corrected chi connectivity index (χ1v) is 6.98. The van der Waals surface area contributed by atoms with Crippen LogP contribution < -0.4 is 10.6 Å². The molecule has 2 N–H and O–H groups in total. The average Bonchev–Trinajstić information content (AvgIpc) is 2.90. The van der Waals surface area contributed by atoms with Gasteiger partial charge in [0.2, 0.25) is 0 Å². The molecule has 2 heterocycles. The van der Waals surface area contributed by atoms with Gasteiger partial charge in [-0.1, -0.05) is 13.8 Å². The molecule has 1 aliphatic heterocycles. The molecule has 1 atom stereocenters. The Morgan fingerprint density at radius 3 is 2.86 bits per heavy atom. The molecule has 1 unspecified atom stereocenters. The van der Waals surface area contributed by atoms with E-state index in [9.17, 15) is 9.59 Å². The molecule has 2 rings (SSSR count). The van der Waals surface area contributed by atoms with E-state index in [0.717, 1.165) is 6.42 Å². The van der Waals surface area contributed by atoms with E-state index in [1.807, 2.05) is 0 Å². The molecule has 0 bridgehead atoms. The van der Waals surface area contributed by atoms with Crippen molar-refractivity contribution in [2.75, 3.05) is 6.61 Å². The molecule has 1 aromatic rings. The lowest BCUT2D eigenvalue weighted by Crippen LogP contribution is -2.45. The Morgan fingerprint density at radius 2 is 2.24 bits per heavy atom. The second-order valence-electron chi connectivity index (χ2n) is 5.40. The van der Waals surface area contributed by atoms with E-state index >= 15 is 0 Å². The summed E-state index contributed by atoms with van der Waals surface area (Å²) in [7, 11) is 0. The summed E-state index contributed by atoms with van der Waals surface area (Å²) in [5, 5.41) is 5.27. The quantitative estimate of drug-likeness (QED) is 0.817. The summed E-state index contributed by atoms with van der Waals surface area (Å²) in [6.07, 6.45) is 2.30. The van der Waals surface area contributed by atoms with Crippen LogP contribution in [-0.4, -0.2) is 18.6 Å². The Kier molecular flexibility index (Phi) is 4.67. The number of carbonyl (C=O) groups is 2. The summed E-state index contributed by atoms with van der Waals surface area (Å²) < 4.78 is 10.6. The molecule has 0 aromatic carbocycles. The van der Waals surface area contributed by atoms with E-state index in [-0.39, 0.29) is 6.03 Å². The molecule has 21 heavy (non-hydrogen) atoms. The summed E-state index contributed by atoms with van der Waals surface area (Å²) in [5.74, 6) is 0.514. The Hall–Kier alpha value is -2.24. The molecule has 0 radical (unpaired) electrons. The van der Waals surface area contributed by atoms with E-state index in [2.05, 4.69) is 24.5 Å². The Morgan fingerprint density at radius 1 is 1.48 bits per heavy atom. The highest BCUT2D eigenvalue weighted by Crippen LogP contribution is 2.27. The fourth-order valence-corrected chi connectivity index (χ4v) is 2.10. The molecule has 0 aliphatic carbocycles. The highest BCUT2D eigenvalue weighted by Gasteiger charge is 2.33. The van der Waals surface area contributed by atoms with Gasteiger partial charge in [0.15, 0.2) is 0 Å². The number of urea groups is 1. The van der Waals surface area contributed by atoms with Gasteiger partial charge < -0.3 is 19.8 Å². The van der Waals surface area contributed by atoms with Crippen molar-refractivity contribution in [3.05, 3.63) is 35.4 Å². The van der Waals surface area contributed by atoms with Crippen molar-refractivity contribution in [1.29, 1.82) is 0 Å². The third-order valence-corrected chi connectivity index (χ3v) is 3.25. The molecule has 0 saturated heterocycles. The summed E-state index contributed by atoms with van der Waals surface area (Å²) >= 11 is 0. The fourth-order valence-electron chi connectivity index (χ4n) is 2.10. The SMILES string of the molecule is CC1=C(C(=O)OCCC(C)C)C(c2ccco2)NC(=O)N1. The smallest absolute Gasteiger partial charge is 0.338 e. The molecule has 0 fully saturated rings. The number of ether oxygens (including phenoxy) is 1. The highest BCUT2D eigenvalue weighted by molar-refractivity contribution is 5.94. The maximum atomic E-state index is 12.3. The van der Waals surface area contributed by atoms with Crippen molar-refractivity contribution in [1.82, 2.24) is 10.6 Å². The molecule has 0 spiro atoms. The van der Waals surface area contributed by atoms with Gasteiger partial charge in [-0.2, -0.15) is 0 Å². The van der Waals surface area contributed by atoms with Crippen molar-refractivity contribution in [2.45, 2.75) is 33.2 Å². The van der Waals surface area contributed by atoms with Crippen molar-refractivity contribution in [2.24, 2.45) is 5.92 Å². The van der Waals surface area contributed by atoms with Gasteiger partial charge in [0.05, 0.1) is 18.4 Å². The normalized spacial score (nSPS) is 18.5. The lowest BCUT2D eigenvalue weighted by molar-refractivity contribution is -0.139. The first-order chi connectivity index (χ1) is 9.99. The summed E-state index contributed by atoms with van der Waals surface area (Å²) in [5.41, 5.74) is 0.850. The number of nitrogens with one attached hydrogen (secondary N) is 2.